The van der Waals surface area contributed by atoms with Gasteiger partial charge in [0.15, 0.2) is 5.78 Å². The molecular weight excluding hydrogens is 224 g/mol. The Labute approximate surface area is 109 Å². The fourth-order valence-electron chi connectivity index (χ4n) is 3.07. The van der Waals surface area contributed by atoms with Crippen LogP contribution in [-0.4, -0.2) is 10.9 Å². The molecule has 98 valence electrons. The highest BCUT2D eigenvalue weighted by atomic mass is 16.3. The lowest BCUT2D eigenvalue weighted by atomic mass is 9.74. The highest BCUT2D eigenvalue weighted by molar-refractivity contribution is 5.86. The predicted molar refractivity (Wildman–Crippen MR) is 72.1 cm³/mol. The smallest absolute Gasteiger partial charge is 0.169 e. The lowest BCUT2D eigenvalue weighted by Crippen LogP contribution is -2.30. The maximum Gasteiger partial charge on any atom is 0.169 e. The Kier molecular flexibility index (Phi) is 4.54. The van der Waals surface area contributed by atoms with E-state index >= 15 is 0 Å². The van der Waals surface area contributed by atoms with Crippen LogP contribution < -0.4 is 0 Å². The molecule has 1 saturated carbocycles. The number of aliphatic hydroxyl groups is 1. The number of hydrogen-bond acceptors (Lipinski definition) is 2. The van der Waals surface area contributed by atoms with E-state index in [1.54, 1.807) is 0 Å². The number of carbonyl (C=O) groups is 1. The summed E-state index contributed by atoms with van der Waals surface area (Å²) in [6.45, 7) is 2.14. The zero-order valence-corrected chi connectivity index (χ0v) is 11.0. The van der Waals surface area contributed by atoms with Crippen molar-refractivity contribution in [2.75, 3.05) is 0 Å². The van der Waals surface area contributed by atoms with E-state index < -0.39 is 6.10 Å². The summed E-state index contributed by atoms with van der Waals surface area (Å²) in [5.74, 6) is 0.538. The summed E-state index contributed by atoms with van der Waals surface area (Å²) in [7, 11) is 0. The summed E-state index contributed by atoms with van der Waals surface area (Å²) in [5, 5.41) is 10.2. The third kappa shape index (κ3) is 2.81. The highest BCUT2D eigenvalue weighted by Crippen LogP contribution is 2.35. The van der Waals surface area contributed by atoms with Crippen molar-refractivity contribution in [1.82, 2.24) is 0 Å². The van der Waals surface area contributed by atoms with Gasteiger partial charge >= 0.3 is 0 Å². The van der Waals surface area contributed by atoms with Crippen LogP contribution in [0.2, 0.25) is 0 Å². The van der Waals surface area contributed by atoms with E-state index in [1.807, 2.05) is 30.3 Å². The molecule has 2 rings (SSSR count). The van der Waals surface area contributed by atoms with Crippen LogP contribution in [0.4, 0.5) is 0 Å². The second-order valence-corrected chi connectivity index (χ2v) is 5.27. The van der Waals surface area contributed by atoms with E-state index in [1.165, 1.54) is 6.42 Å². The Hall–Kier alpha value is -1.15. The topological polar surface area (TPSA) is 37.3 Å². The van der Waals surface area contributed by atoms with Gasteiger partial charge in [0.25, 0.3) is 0 Å². The number of benzene rings is 1. The van der Waals surface area contributed by atoms with Gasteiger partial charge in [-0.05, 0) is 24.3 Å². The van der Waals surface area contributed by atoms with Gasteiger partial charge in [-0.2, -0.15) is 0 Å². The zero-order chi connectivity index (χ0) is 13.0. The van der Waals surface area contributed by atoms with Crippen LogP contribution in [0.3, 0.4) is 0 Å². The minimum atomic E-state index is -0.941. The van der Waals surface area contributed by atoms with Crippen LogP contribution in [0.1, 0.15) is 50.7 Å². The molecule has 1 N–H and O–H groups in total. The summed E-state index contributed by atoms with van der Waals surface area (Å²) in [5.41, 5.74) is 0.725. The van der Waals surface area contributed by atoms with E-state index in [9.17, 15) is 9.90 Å². The number of aliphatic hydroxyl groups excluding tert-OH is 1. The lowest BCUT2D eigenvalue weighted by molar-refractivity contribution is -0.134. The van der Waals surface area contributed by atoms with Crippen molar-refractivity contribution in [2.24, 2.45) is 11.8 Å². The Morgan fingerprint density at radius 1 is 1.28 bits per heavy atom. The molecule has 0 heterocycles. The molecule has 0 amide bonds. The van der Waals surface area contributed by atoms with Crippen LogP contribution in [-0.2, 0) is 4.79 Å². The van der Waals surface area contributed by atoms with Crippen LogP contribution in [0.15, 0.2) is 30.3 Å². The average Bonchev–Trinajstić information content (AvgIpc) is 2.46. The molecule has 0 radical (unpaired) electrons. The summed E-state index contributed by atoms with van der Waals surface area (Å²) < 4.78 is 0. The summed E-state index contributed by atoms with van der Waals surface area (Å²) in [6.07, 6.45) is 4.52. The molecule has 2 heteroatoms. The molecule has 0 aliphatic heterocycles. The van der Waals surface area contributed by atoms with Crippen molar-refractivity contribution in [2.45, 2.75) is 45.1 Å². The second kappa shape index (κ2) is 6.14. The van der Waals surface area contributed by atoms with Gasteiger partial charge in [-0.25, -0.2) is 0 Å². The largest absolute Gasteiger partial charge is 0.381 e. The highest BCUT2D eigenvalue weighted by Gasteiger charge is 2.33. The fraction of sp³-hybridized carbons (Fsp3) is 0.562. The van der Waals surface area contributed by atoms with E-state index in [-0.39, 0.29) is 11.7 Å². The molecule has 3 atom stereocenters. The number of ketones is 1. The Bertz CT molecular complexity index is 385. The maximum absolute atomic E-state index is 12.4. The van der Waals surface area contributed by atoms with Gasteiger partial charge in [0.1, 0.15) is 6.10 Å². The summed E-state index contributed by atoms with van der Waals surface area (Å²) in [4.78, 5) is 12.4. The lowest BCUT2D eigenvalue weighted by Gasteiger charge is -2.31. The van der Waals surface area contributed by atoms with Crippen molar-refractivity contribution in [3.05, 3.63) is 35.9 Å². The Morgan fingerprint density at radius 3 is 2.61 bits per heavy atom. The first-order valence-corrected chi connectivity index (χ1v) is 7.00. The predicted octanol–water partition coefficient (Wildman–Crippen LogP) is 3.51. The number of rotatable bonds is 4. The van der Waals surface area contributed by atoms with Crippen molar-refractivity contribution < 1.29 is 9.90 Å². The molecule has 0 bridgehead atoms. The maximum atomic E-state index is 12.4. The Morgan fingerprint density at radius 2 is 1.94 bits per heavy atom. The summed E-state index contributed by atoms with van der Waals surface area (Å²) in [6, 6.07) is 9.28. The van der Waals surface area contributed by atoms with Gasteiger partial charge < -0.3 is 5.11 Å². The van der Waals surface area contributed by atoms with Gasteiger partial charge in [-0.1, -0.05) is 56.5 Å². The van der Waals surface area contributed by atoms with Crippen molar-refractivity contribution in [1.29, 1.82) is 0 Å². The number of Topliss-reactive ketones (excluding diaryl/α,β-unsaturated/α-hetero) is 1. The minimum absolute atomic E-state index is 0.0211. The van der Waals surface area contributed by atoms with Crippen molar-refractivity contribution in [3.63, 3.8) is 0 Å². The molecule has 1 aliphatic carbocycles. The third-order valence-electron chi connectivity index (χ3n) is 4.18. The molecule has 3 unspecified atom stereocenters. The van der Waals surface area contributed by atoms with Crippen molar-refractivity contribution >= 4 is 5.78 Å². The standard InChI is InChI=1S/C16H22O2/c1-2-12-8-6-7-11-14(12)16(18)15(17)13-9-4-3-5-10-13/h3-5,9-10,12,14-15,17H,2,6-8,11H2,1H3. The first-order chi connectivity index (χ1) is 8.74. The minimum Gasteiger partial charge on any atom is -0.381 e. The van der Waals surface area contributed by atoms with E-state index in [4.69, 9.17) is 0 Å². The molecule has 1 aliphatic rings. The zero-order valence-electron chi connectivity index (χ0n) is 11.0. The van der Waals surface area contributed by atoms with E-state index in [2.05, 4.69) is 6.92 Å². The van der Waals surface area contributed by atoms with Crippen molar-refractivity contribution in [3.8, 4) is 0 Å². The van der Waals surface area contributed by atoms with Gasteiger partial charge in [0.2, 0.25) is 0 Å². The molecule has 18 heavy (non-hydrogen) atoms. The van der Waals surface area contributed by atoms with E-state index in [0.29, 0.717) is 5.92 Å². The molecule has 0 aromatic heterocycles. The molecule has 1 aromatic rings. The van der Waals surface area contributed by atoms with Crippen LogP contribution >= 0.6 is 0 Å². The quantitative estimate of drug-likeness (QED) is 0.882. The number of carbonyl (C=O) groups excluding carboxylic acids is 1. The van der Waals surface area contributed by atoms with E-state index in [0.717, 1.165) is 31.2 Å². The molecule has 2 nitrogen and oxygen atoms in total. The SMILES string of the molecule is CCC1CCCCC1C(=O)C(O)c1ccccc1. The van der Waals surface area contributed by atoms with Gasteiger partial charge in [-0.3, -0.25) is 4.79 Å². The van der Waals surface area contributed by atoms with Gasteiger partial charge in [0, 0.05) is 5.92 Å². The molecule has 1 aromatic carbocycles. The fourth-order valence-corrected chi connectivity index (χ4v) is 3.07. The monoisotopic (exact) mass is 246 g/mol. The van der Waals surface area contributed by atoms with Crippen LogP contribution in [0, 0.1) is 11.8 Å². The van der Waals surface area contributed by atoms with Crippen LogP contribution in [0.5, 0.6) is 0 Å². The first-order valence-electron chi connectivity index (χ1n) is 7.00. The Balaban J connectivity index is 2.10. The molecule has 0 saturated heterocycles. The third-order valence-corrected chi connectivity index (χ3v) is 4.18. The van der Waals surface area contributed by atoms with Gasteiger partial charge in [0.05, 0.1) is 0 Å². The second-order valence-electron chi connectivity index (χ2n) is 5.27. The van der Waals surface area contributed by atoms with Crippen LogP contribution in [0.25, 0.3) is 0 Å². The average molecular weight is 246 g/mol. The normalized spacial score (nSPS) is 25.7. The summed E-state index contributed by atoms with van der Waals surface area (Å²) >= 11 is 0. The molecule has 1 fully saturated rings. The number of hydrogen-bond donors (Lipinski definition) is 1. The molecular formula is C16H22O2. The molecule has 0 spiro atoms. The van der Waals surface area contributed by atoms with Gasteiger partial charge in [-0.15, -0.1) is 0 Å². The first kappa shape index (κ1) is 13.3.